The van der Waals surface area contributed by atoms with E-state index in [2.05, 4.69) is 25.5 Å². The number of anilines is 2. The van der Waals surface area contributed by atoms with Crippen LogP contribution >= 0.6 is 0 Å². The van der Waals surface area contributed by atoms with Crippen molar-refractivity contribution in [3.8, 4) is 5.75 Å². The van der Waals surface area contributed by atoms with E-state index in [0.29, 0.717) is 23.3 Å². The van der Waals surface area contributed by atoms with Gasteiger partial charge >= 0.3 is 5.97 Å². The zero-order valence-corrected chi connectivity index (χ0v) is 20.2. The van der Waals surface area contributed by atoms with Crippen molar-refractivity contribution in [1.82, 2.24) is 15.3 Å². The van der Waals surface area contributed by atoms with Crippen LogP contribution in [0.25, 0.3) is 0 Å². The van der Waals surface area contributed by atoms with Crippen LogP contribution in [0.4, 0.5) is 11.6 Å². The molecule has 1 fully saturated rings. The Kier molecular flexibility index (Phi) is 8.27. The van der Waals surface area contributed by atoms with Crippen LogP contribution in [0.15, 0.2) is 36.7 Å². The first-order valence-electron chi connectivity index (χ1n) is 11.4. The highest BCUT2D eigenvalue weighted by molar-refractivity contribution is 5.95. The number of hydrogen-bond donors (Lipinski definition) is 3. The van der Waals surface area contributed by atoms with Gasteiger partial charge in [-0.05, 0) is 57.9 Å². The van der Waals surface area contributed by atoms with Gasteiger partial charge in [0.25, 0.3) is 5.91 Å². The van der Waals surface area contributed by atoms with Gasteiger partial charge in [-0.25, -0.2) is 9.97 Å². The molecule has 1 atom stereocenters. The van der Waals surface area contributed by atoms with Crippen molar-refractivity contribution in [1.29, 1.82) is 0 Å². The molecule has 10 nitrogen and oxygen atoms in total. The SMILES string of the molecule is COc1cc(C(=O)NC[C@H](N)C(=O)OC(C)(C)C)ccc1N1CCC(Nc2ncccn2)CC1. The molecule has 1 aliphatic rings. The van der Waals surface area contributed by atoms with Gasteiger partial charge in [0.1, 0.15) is 17.4 Å². The first-order valence-corrected chi connectivity index (χ1v) is 11.4. The number of methoxy groups -OCH3 is 1. The molecule has 1 aromatic carbocycles. The third kappa shape index (κ3) is 7.05. The van der Waals surface area contributed by atoms with E-state index in [1.165, 1.54) is 0 Å². The minimum atomic E-state index is -0.944. The first kappa shape index (κ1) is 25.2. The van der Waals surface area contributed by atoms with Gasteiger partial charge in [0.05, 0.1) is 12.8 Å². The highest BCUT2D eigenvalue weighted by Crippen LogP contribution is 2.31. The Morgan fingerprint density at radius 2 is 1.88 bits per heavy atom. The highest BCUT2D eigenvalue weighted by Gasteiger charge is 2.24. The number of esters is 1. The Bertz CT molecular complexity index is 971. The number of nitrogens with one attached hydrogen (secondary N) is 2. The summed E-state index contributed by atoms with van der Waals surface area (Å²) in [6, 6.07) is 6.47. The fourth-order valence-corrected chi connectivity index (χ4v) is 3.67. The standard InChI is InChI=1S/C24H34N6O4/c1-24(2,3)34-22(32)18(25)15-28-21(31)16-6-7-19(20(14-16)33-4)30-12-8-17(9-13-30)29-23-26-10-5-11-27-23/h5-7,10-11,14,17-18H,8-9,12-13,15,25H2,1-4H3,(H,28,31)(H,26,27,29)/t18-/m0/s1. The largest absolute Gasteiger partial charge is 0.495 e. The predicted molar refractivity (Wildman–Crippen MR) is 130 cm³/mol. The maximum absolute atomic E-state index is 12.6. The van der Waals surface area contributed by atoms with Crippen molar-refractivity contribution >= 4 is 23.5 Å². The monoisotopic (exact) mass is 470 g/mol. The molecule has 0 saturated carbocycles. The fraction of sp³-hybridized carbons (Fsp3) is 0.500. The van der Waals surface area contributed by atoms with Gasteiger partial charge in [0, 0.05) is 43.6 Å². The maximum Gasteiger partial charge on any atom is 0.325 e. The first-order chi connectivity index (χ1) is 16.2. The second-order valence-electron chi connectivity index (χ2n) is 9.21. The summed E-state index contributed by atoms with van der Waals surface area (Å²) < 4.78 is 10.8. The fourth-order valence-electron chi connectivity index (χ4n) is 3.67. The molecular formula is C24H34N6O4. The zero-order valence-electron chi connectivity index (χ0n) is 20.2. The molecule has 0 spiro atoms. The molecule has 1 saturated heterocycles. The summed E-state index contributed by atoms with van der Waals surface area (Å²) >= 11 is 0. The minimum Gasteiger partial charge on any atom is -0.495 e. The van der Waals surface area contributed by atoms with E-state index in [-0.39, 0.29) is 12.5 Å². The average molecular weight is 471 g/mol. The lowest BCUT2D eigenvalue weighted by Crippen LogP contribution is -2.45. The number of nitrogens with two attached hydrogens (primary N) is 1. The van der Waals surface area contributed by atoms with Gasteiger partial charge in [-0.1, -0.05) is 0 Å². The summed E-state index contributed by atoms with van der Waals surface area (Å²) in [6.07, 6.45) is 5.29. The second-order valence-corrected chi connectivity index (χ2v) is 9.21. The van der Waals surface area contributed by atoms with Gasteiger partial charge < -0.3 is 30.7 Å². The average Bonchev–Trinajstić information content (AvgIpc) is 2.82. The summed E-state index contributed by atoms with van der Waals surface area (Å²) in [5.74, 6) is 0.356. The Balaban J connectivity index is 1.56. The molecule has 0 bridgehead atoms. The van der Waals surface area contributed by atoms with Gasteiger partial charge in [-0.15, -0.1) is 0 Å². The van der Waals surface area contributed by atoms with E-state index in [1.807, 2.05) is 6.07 Å². The number of hydrogen-bond acceptors (Lipinski definition) is 9. The molecule has 1 amide bonds. The summed E-state index contributed by atoms with van der Waals surface area (Å²) in [7, 11) is 1.58. The maximum atomic E-state index is 12.6. The molecule has 0 unspecified atom stereocenters. The Morgan fingerprint density at radius 3 is 2.50 bits per heavy atom. The lowest BCUT2D eigenvalue weighted by molar-refractivity contribution is -0.156. The van der Waals surface area contributed by atoms with Gasteiger partial charge in [0.2, 0.25) is 5.95 Å². The van der Waals surface area contributed by atoms with Crippen LogP contribution in [-0.2, 0) is 9.53 Å². The van der Waals surface area contributed by atoms with Gasteiger partial charge in [0.15, 0.2) is 0 Å². The molecule has 4 N–H and O–H groups in total. The second kappa shape index (κ2) is 11.1. The van der Waals surface area contributed by atoms with Crippen LogP contribution in [0.3, 0.4) is 0 Å². The molecular weight excluding hydrogens is 436 g/mol. The lowest BCUT2D eigenvalue weighted by Gasteiger charge is -2.34. The third-order valence-electron chi connectivity index (χ3n) is 5.37. The summed E-state index contributed by atoms with van der Waals surface area (Å²) in [5, 5.41) is 6.06. The van der Waals surface area contributed by atoms with E-state index in [9.17, 15) is 9.59 Å². The number of ether oxygens (including phenoxy) is 2. The number of amides is 1. The van der Waals surface area contributed by atoms with Crippen molar-refractivity contribution in [3.63, 3.8) is 0 Å². The van der Waals surface area contributed by atoms with Gasteiger partial charge in [-0.2, -0.15) is 0 Å². The van der Waals surface area contributed by atoms with E-state index in [0.717, 1.165) is 31.6 Å². The molecule has 10 heteroatoms. The Labute approximate surface area is 200 Å². The molecule has 1 aromatic heterocycles. The summed E-state index contributed by atoms with van der Waals surface area (Å²) in [5.41, 5.74) is 6.57. The van der Waals surface area contributed by atoms with Crippen LogP contribution in [0.1, 0.15) is 44.0 Å². The number of nitrogens with zero attached hydrogens (tertiary/aromatic N) is 3. The lowest BCUT2D eigenvalue weighted by atomic mass is 10.0. The Morgan fingerprint density at radius 1 is 1.21 bits per heavy atom. The number of piperidine rings is 1. The van der Waals surface area contributed by atoms with Crippen LogP contribution in [0.2, 0.25) is 0 Å². The predicted octanol–water partition coefficient (Wildman–Crippen LogP) is 1.96. The van der Waals surface area contributed by atoms with Crippen molar-refractivity contribution in [2.24, 2.45) is 5.73 Å². The van der Waals surface area contributed by atoms with E-state index in [4.69, 9.17) is 15.2 Å². The molecule has 0 aliphatic carbocycles. The van der Waals surface area contributed by atoms with Crippen molar-refractivity contribution < 1.29 is 19.1 Å². The third-order valence-corrected chi connectivity index (χ3v) is 5.37. The molecule has 2 aromatic rings. The van der Waals surface area contributed by atoms with E-state index < -0.39 is 17.6 Å². The van der Waals surface area contributed by atoms with Crippen molar-refractivity contribution in [2.45, 2.75) is 51.3 Å². The highest BCUT2D eigenvalue weighted by atomic mass is 16.6. The molecule has 184 valence electrons. The Hall–Kier alpha value is -3.40. The molecule has 34 heavy (non-hydrogen) atoms. The quantitative estimate of drug-likeness (QED) is 0.495. The van der Waals surface area contributed by atoms with Crippen molar-refractivity contribution in [2.75, 3.05) is 37.0 Å². The topological polar surface area (TPSA) is 132 Å². The zero-order chi connectivity index (χ0) is 24.7. The molecule has 3 rings (SSSR count). The van der Waals surface area contributed by atoms with Crippen molar-refractivity contribution in [3.05, 3.63) is 42.2 Å². The van der Waals surface area contributed by atoms with Crippen LogP contribution in [-0.4, -0.2) is 66.3 Å². The number of benzene rings is 1. The number of rotatable bonds is 8. The summed E-state index contributed by atoms with van der Waals surface area (Å²) in [4.78, 5) is 35.3. The van der Waals surface area contributed by atoms with Gasteiger partial charge in [-0.3, -0.25) is 9.59 Å². The van der Waals surface area contributed by atoms with Crippen LogP contribution < -0.4 is 26.0 Å². The molecule has 0 radical (unpaired) electrons. The number of aromatic nitrogens is 2. The smallest absolute Gasteiger partial charge is 0.325 e. The molecule has 2 heterocycles. The summed E-state index contributed by atoms with van der Waals surface area (Å²) in [6.45, 7) is 6.93. The van der Waals surface area contributed by atoms with E-state index in [1.54, 1.807) is 58.5 Å². The van der Waals surface area contributed by atoms with Crippen LogP contribution in [0.5, 0.6) is 5.75 Å². The normalized spacial score (nSPS) is 15.4. The van der Waals surface area contributed by atoms with E-state index >= 15 is 0 Å². The van der Waals surface area contributed by atoms with Crippen LogP contribution in [0, 0.1) is 0 Å². The number of carbonyl (C=O) groups excluding carboxylic acids is 2. The minimum absolute atomic E-state index is 0.0243. The molecule has 1 aliphatic heterocycles. The number of carbonyl (C=O) groups is 2.